The summed E-state index contributed by atoms with van der Waals surface area (Å²) in [6.45, 7) is 0. The standard InChI is InChI=1S/Al.FH.K.O3Si.H2O/c;;;1-4(2)3;/h;1H;;;1H2/q+3;;+1;-2;/p-2. The molecule has 0 fully saturated rings. The average molecular weight is 178 g/mol. The summed E-state index contributed by atoms with van der Waals surface area (Å²) in [6, 6.07) is 0. The van der Waals surface area contributed by atoms with E-state index in [9.17, 15) is 0 Å². The fourth-order valence-corrected chi connectivity index (χ4v) is 0. The van der Waals surface area contributed by atoms with E-state index < -0.39 is 9.17 Å². The average Bonchev–Trinajstić information content (AvgIpc) is 0.811. The van der Waals surface area contributed by atoms with Crippen LogP contribution in [0.3, 0.4) is 0 Å². The second-order valence-corrected chi connectivity index (χ2v) is 0.750. The predicted molar refractivity (Wildman–Crippen MR) is 14.1 cm³/mol. The molecule has 8 heteroatoms. The molecule has 0 radical (unpaired) electrons. The summed E-state index contributed by atoms with van der Waals surface area (Å²) < 4.78 is 8.52. The minimum absolute atomic E-state index is 0. The summed E-state index contributed by atoms with van der Waals surface area (Å²) in [7, 11) is -3.63. The van der Waals surface area contributed by atoms with Gasteiger partial charge in [0, 0.05) is 9.17 Å². The molecule has 0 saturated carbocycles. The number of hydrogen-bond acceptors (Lipinski definition) is 4. The van der Waals surface area contributed by atoms with Crippen LogP contribution in [0, 0.1) is 0 Å². The zero-order valence-electron chi connectivity index (χ0n) is 4.13. The van der Waals surface area contributed by atoms with Crippen molar-refractivity contribution < 1.29 is 75.6 Å². The van der Waals surface area contributed by atoms with Gasteiger partial charge in [-0.15, -0.1) is 0 Å². The topological polar surface area (TPSA) is 93.2 Å². The third-order valence-electron chi connectivity index (χ3n) is 0. The van der Waals surface area contributed by atoms with E-state index in [1.165, 1.54) is 0 Å². The molecular formula is HAlFKO4Si. The number of halogens is 1. The first kappa shape index (κ1) is 33.3. The van der Waals surface area contributed by atoms with Crippen LogP contribution in [0.25, 0.3) is 0 Å². The third kappa shape index (κ3) is 122. The van der Waals surface area contributed by atoms with Crippen molar-refractivity contribution in [3.05, 3.63) is 0 Å². The molecule has 0 bridgehead atoms. The molecule has 0 unspecified atom stereocenters. The van der Waals surface area contributed by atoms with Gasteiger partial charge in [-0.25, -0.2) is 0 Å². The van der Waals surface area contributed by atoms with Gasteiger partial charge >= 0.3 is 68.7 Å². The zero-order valence-corrected chi connectivity index (χ0v) is 9.41. The summed E-state index contributed by atoms with van der Waals surface area (Å²) in [4.78, 5) is 17.0. The summed E-state index contributed by atoms with van der Waals surface area (Å²) in [6.07, 6.45) is 0. The maximum atomic E-state index is 8.52. The van der Waals surface area contributed by atoms with E-state index in [1.807, 2.05) is 0 Å². The Morgan fingerprint density at radius 1 is 1.25 bits per heavy atom. The molecule has 4 nitrogen and oxygen atoms in total. The first-order valence-corrected chi connectivity index (χ1v) is 1.84. The molecule has 0 atom stereocenters. The molecule has 0 aliphatic rings. The van der Waals surface area contributed by atoms with Crippen LogP contribution in [0.15, 0.2) is 0 Å². The minimum atomic E-state index is -3.63. The van der Waals surface area contributed by atoms with Gasteiger partial charge in [-0.05, 0) is 0 Å². The zero-order chi connectivity index (χ0) is 3.58. The molecule has 0 aromatic carbocycles. The van der Waals surface area contributed by atoms with Gasteiger partial charge in [0.2, 0.25) is 0 Å². The van der Waals surface area contributed by atoms with Gasteiger partial charge in [0.25, 0.3) is 0 Å². The molecule has 0 aromatic rings. The first-order valence-electron chi connectivity index (χ1n) is 0.612. The largest absolute Gasteiger partial charge is 3.00 e. The van der Waals surface area contributed by atoms with Crippen LogP contribution in [-0.2, 0) is 4.46 Å². The Balaban J connectivity index is -0.00000000750. The molecule has 0 saturated heterocycles. The predicted octanol–water partition coefficient (Wildman–Crippen LogP) is -9.43. The summed E-state index contributed by atoms with van der Waals surface area (Å²) in [5.74, 6) is 0. The molecule has 0 amide bonds. The summed E-state index contributed by atoms with van der Waals surface area (Å²) >= 11 is 0. The smallest absolute Gasteiger partial charge is 1.00 e. The van der Waals surface area contributed by atoms with E-state index in [4.69, 9.17) is 14.1 Å². The third-order valence-corrected chi connectivity index (χ3v) is 0. The number of rotatable bonds is 0. The molecular weight excluding hydrogens is 177 g/mol. The van der Waals surface area contributed by atoms with E-state index >= 15 is 0 Å². The second-order valence-electron chi connectivity index (χ2n) is 0.250. The fraction of sp³-hybridized carbons (Fsp3) is 0. The van der Waals surface area contributed by atoms with Crippen molar-refractivity contribution >= 4 is 26.5 Å². The maximum Gasteiger partial charge on any atom is 3.00 e. The van der Waals surface area contributed by atoms with Gasteiger partial charge < -0.3 is 24.2 Å². The quantitative estimate of drug-likeness (QED) is 0.344. The van der Waals surface area contributed by atoms with Crippen LogP contribution in [-0.4, -0.2) is 32.0 Å². The second kappa shape index (κ2) is 23.4. The SMILES string of the molecule is O=[Si]([O-])[O-].[Al+3].[F-].[K+].[OH-]. The van der Waals surface area contributed by atoms with Crippen LogP contribution in [0.5, 0.6) is 0 Å². The first-order chi connectivity index (χ1) is 1.73. The number of hydrogen-bond donors (Lipinski definition) is 0. The van der Waals surface area contributed by atoms with Crippen LogP contribution in [0.4, 0.5) is 0 Å². The molecule has 0 heterocycles. The van der Waals surface area contributed by atoms with Crippen LogP contribution in [0.1, 0.15) is 0 Å². The van der Waals surface area contributed by atoms with E-state index in [1.54, 1.807) is 0 Å². The summed E-state index contributed by atoms with van der Waals surface area (Å²) in [5.41, 5.74) is 0. The van der Waals surface area contributed by atoms with Crippen molar-refractivity contribution in [2.75, 3.05) is 0 Å². The Kier molecular flexibility index (Phi) is 97.4. The van der Waals surface area contributed by atoms with Gasteiger partial charge in [0.1, 0.15) is 0 Å². The van der Waals surface area contributed by atoms with E-state index in [-0.39, 0.29) is 78.9 Å². The Morgan fingerprint density at radius 2 is 1.25 bits per heavy atom. The summed E-state index contributed by atoms with van der Waals surface area (Å²) in [5, 5.41) is 0. The van der Waals surface area contributed by atoms with Gasteiger partial charge in [0.05, 0.1) is 0 Å². The Bertz CT molecular complexity index is 39.0. The normalized spacial score (nSPS) is 3.00. The molecule has 1 N–H and O–H groups in total. The Morgan fingerprint density at radius 3 is 1.25 bits per heavy atom. The maximum absolute atomic E-state index is 8.52. The molecule has 0 spiro atoms. The van der Waals surface area contributed by atoms with E-state index in [2.05, 4.69) is 0 Å². The van der Waals surface area contributed by atoms with Crippen molar-refractivity contribution in [1.82, 2.24) is 0 Å². The van der Waals surface area contributed by atoms with Crippen LogP contribution in [0.2, 0.25) is 0 Å². The van der Waals surface area contributed by atoms with Crippen molar-refractivity contribution in [1.29, 1.82) is 0 Å². The Hall–Kier alpha value is 1.68. The molecule has 0 aromatic heterocycles. The van der Waals surface area contributed by atoms with Crippen LogP contribution >= 0.6 is 0 Å². The minimum Gasteiger partial charge on any atom is -1.00 e. The monoisotopic (exact) mass is 178 g/mol. The molecule has 0 rings (SSSR count). The Labute approximate surface area is 100 Å². The van der Waals surface area contributed by atoms with Crippen molar-refractivity contribution in [3.63, 3.8) is 0 Å². The van der Waals surface area contributed by atoms with Crippen molar-refractivity contribution in [2.24, 2.45) is 0 Å². The van der Waals surface area contributed by atoms with E-state index in [0.717, 1.165) is 0 Å². The van der Waals surface area contributed by atoms with Gasteiger partial charge in [0.15, 0.2) is 0 Å². The van der Waals surface area contributed by atoms with Gasteiger partial charge in [-0.2, -0.15) is 0 Å². The van der Waals surface area contributed by atoms with Crippen molar-refractivity contribution in [2.45, 2.75) is 0 Å². The molecule has 40 valence electrons. The van der Waals surface area contributed by atoms with Gasteiger partial charge in [-0.3, -0.25) is 0 Å². The van der Waals surface area contributed by atoms with E-state index in [0.29, 0.717) is 0 Å². The molecule has 0 aliphatic heterocycles. The molecule has 0 aliphatic carbocycles. The van der Waals surface area contributed by atoms with Crippen LogP contribution < -0.4 is 65.7 Å². The fourth-order valence-electron chi connectivity index (χ4n) is 0. The molecule has 8 heavy (non-hydrogen) atoms. The van der Waals surface area contributed by atoms with Gasteiger partial charge in [-0.1, -0.05) is 0 Å². The van der Waals surface area contributed by atoms with Crippen molar-refractivity contribution in [3.8, 4) is 0 Å².